The number of fused-ring (bicyclic) bond motifs is 1. The van der Waals surface area contributed by atoms with Crippen LogP contribution < -0.4 is 4.74 Å². The average Bonchev–Trinajstić information content (AvgIpc) is 2.54. The number of benzene rings is 1. The second-order valence-corrected chi connectivity index (χ2v) is 8.55. The fourth-order valence-corrected chi connectivity index (χ4v) is 3.98. The lowest BCUT2D eigenvalue weighted by Gasteiger charge is -2.34. The van der Waals surface area contributed by atoms with E-state index in [-0.39, 0.29) is 17.0 Å². The lowest BCUT2D eigenvalue weighted by Crippen LogP contribution is -2.35. The lowest BCUT2D eigenvalue weighted by atomic mass is 9.94. The van der Waals surface area contributed by atoms with Crippen molar-refractivity contribution in [3.05, 3.63) is 48.0 Å². The van der Waals surface area contributed by atoms with E-state index in [0.29, 0.717) is 11.6 Å². The highest BCUT2D eigenvalue weighted by Crippen LogP contribution is 2.38. The first kappa shape index (κ1) is 16.9. The highest BCUT2D eigenvalue weighted by Gasteiger charge is 2.33. The third-order valence-corrected chi connectivity index (χ3v) is 5.93. The molecule has 0 saturated heterocycles. The van der Waals surface area contributed by atoms with Crippen molar-refractivity contribution in [2.24, 2.45) is 0 Å². The minimum Gasteiger partial charge on any atom is -0.486 e. The van der Waals surface area contributed by atoms with Crippen LogP contribution in [0.15, 0.2) is 41.6 Å². The zero-order valence-corrected chi connectivity index (χ0v) is 14.9. The molecule has 2 heterocycles. The number of sulfonamides is 1. The molecule has 0 saturated carbocycles. The molecule has 0 N–H and O–H groups in total. The summed E-state index contributed by atoms with van der Waals surface area (Å²) in [6.45, 7) is 4.05. The summed E-state index contributed by atoms with van der Waals surface area (Å²) in [5.41, 5.74) is 0.555. The van der Waals surface area contributed by atoms with Gasteiger partial charge in [0, 0.05) is 19.4 Å². The number of rotatable bonds is 4. The van der Waals surface area contributed by atoms with E-state index in [4.69, 9.17) is 4.74 Å². The third-order valence-electron chi connectivity index (χ3n) is 4.11. The molecule has 0 atom stereocenters. The molecule has 0 aliphatic carbocycles. The van der Waals surface area contributed by atoms with Gasteiger partial charge in [0.05, 0.1) is 6.54 Å². The van der Waals surface area contributed by atoms with Gasteiger partial charge in [0.1, 0.15) is 22.1 Å². The van der Waals surface area contributed by atoms with E-state index in [0.717, 1.165) is 18.4 Å². The number of nitrogens with zero attached hydrogens (tertiary/aromatic N) is 3. The Bertz CT molecular complexity index is 835. The van der Waals surface area contributed by atoms with Crippen molar-refractivity contribution in [2.45, 2.75) is 43.7 Å². The second-order valence-electron chi connectivity index (χ2n) is 6.53. The maximum atomic E-state index is 13.0. The molecule has 1 aromatic heterocycles. The van der Waals surface area contributed by atoms with Gasteiger partial charge in [0.2, 0.25) is 10.0 Å². The van der Waals surface area contributed by atoms with Gasteiger partial charge in [0.15, 0.2) is 0 Å². The Hall–Kier alpha value is -1.99. The van der Waals surface area contributed by atoms with Crippen LogP contribution in [0.4, 0.5) is 0 Å². The van der Waals surface area contributed by atoms with Gasteiger partial charge in [-0.25, -0.2) is 18.4 Å². The predicted molar refractivity (Wildman–Crippen MR) is 90.2 cm³/mol. The molecular formula is C17H21N3O3S. The number of hydrogen-bond donors (Lipinski definition) is 0. The fourth-order valence-electron chi connectivity index (χ4n) is 2.70. The van der Waals surface area contributed by atoms with Crippen LogP contribution in [-0.4, -0.2) is 35.3 Å². The molecule has 3 rings (SSSR count). The minimum absolute atomic E-state index is 0.107. The summed E-state index contributed by atoms with van der Waals surface area (Å²) in [6, 6.07) is 6.98. The average molecular weight is 347 g/mol. The number of aryl methyl sites for hydroxylation is 1. The normalized spacial score (nSPS) is 16.5. The first-order valence-electron chi connectivity index (χ1n) is 7.83. The molecule has 24 heavy (non-hydrogen) atoms. The first-order valence-corrected chi connectivity index (χ1v) is 9.27. The molecule has 0 unspecified atom stereocenters. The third kappa shape index (κ3) is 3.27. The summed E-state index contributed by atoms with van der Waals surface area (Å²) < 4.78 is 33.3. The summed E-state index contributed by atoms with van der Waals surface area (Å²) in [7, 11) is -2.17. The van der Waals surface area contributed by atoms with Crippen LogP contribution in [0.2, 0.25) is 0 Å². The molecule has 0 radical (unpaired) electrons. The molecular weight excluding hydrogens is 326 g/mol. The van der Waals surface area contributed by atoms with Crippen molar-refractivity contribution in [1.82, 2.24) is 14.3 Å². The summed E-state index contributed by atoms with van der Waals surface area (Å²) in [5.74, 6) is 0.921. The van der Waals surface area contributed by atoms with Crippen LogP contribution in [0, 0.1) is 0 Å². The highest BCUT2D eigenvalue weighted by molar-refractivity contribution is 7.89. The van der Waals surface area contributed by atoms with Crippen molar-refractivity contribution >= 4 is 10.0 Å². The minimum atomic E-state index is -3.70. The van der Waals surface area contributed by atoms with Crippen molar-refractivity contribution in [1.29, 1.82) is 0 Å². The summed E-state index contributed by atoms with van der Waals surface area (Å²) >= 11 is 0. The van der Waals surface area contributed by atoms with Crippen LogP contribution in [-0.2, 0) is 23.0 Å². The predicted octanol–water partition coefficient (Wildman–Crippen LogP) is 2.40. The van der Waals surface area contributed by atoms with Crippen LogP contribution in [0.5, 0.6) is 5.75 Å². The zero-order chi connectivity index (χ0) is 17.4. The van der Waals surface area contributed by atoms with E-state index in [9.17, 15) is 8.42 Å². The Morgan fingerprint density at radius 3 is 2.62 bits per heavy atom. The molecule has 1 aliphatic rings. The van der Waals surface area contributed by atoms with Gasteiger partial charge in [-0.3, -0.25) is 0 Å². The Kier molecular flexibility index (Phi) is 4.31. The Balaban J connectivity index is 1.96. The summed E-state index contributed by atoms with van der Waals surface area (Å²) in [4.78, 5) is 8.38. The number of hydrogen-bond acceptors (Lipinski definition) is 5. The second kappa shape index (κ2) is 6.14. The van der Waals surface area contributed by atoms with Crippen molar-refractivity contribution in [2.75, 3.05) is 7.05 Å². The Labute approximate surface area is 142 Å². The molecule has 0 amide bonds. The highest BCUT2D eigenvalue weighted by atomic mass is 32.2. The van der Waals surface area contributed by atoms with Crippen molar-refractivity contribution in [3.8, 4) is 5.75 Å². The van der Waals surface area contributed by atoms with Crippen LogP contribution >= 0.6 is 0 Å². The van der Waals surface area contributed by atoms with Gasteiger partial charge in [0.25, 0.3) is 0 Å². The standard InChI is InChI=1S/C17H21N3O3S/c1-17(2)9-8-13-6-4-7-14(16(13)23-17)24(21,22)20(3)12-15-18-10-5-11-19-15/h4-7,10-11H,8-9,12H2,1-3H3. The molecule has 7 heteroatoms. The Morgan fingerprint density at radius 2 is 1.92 bits per heavy atom. The van der Waals surface area contributed by atoms with Gasteiger partial charge in [-0.05, 0) is 44.4 Å². The molecule has 0 fully saturated rings. The van der Waals surface area contributed by atoms with Crippen LogP contribution in [0.1, 0.15) is 31.7 Å². The number of aromatic nitrogens is 2. The SMILES string of the molecule is CN(Cc1ncccn1)S(=O)(=O)c1cccc2c1OC(C)(C)CC2. The number of para-hydroxylation sites is 1. The van der Waals surface area contributed by atoms with Crippen molar-refractivity contribution < 1.29 is 13.2 Å². The van der Waals surface area contributed by atoms with Gasteiger partial charge >= 0.3 is 0 Å². The molecule has 0 bridgehead atoms. The topological polar surface area (TPSA) is 72.4 Å². The fraction of sp³-hybridized carbons (Fsp3) is 0.412. The van der Waals surface area contributed by atoms with Crippen LogP contribution in [0.25, 0.3) is 0 Å². The van der Waals surface area contributed by atoms with Crippen LogP contribution in [0.3, 0.4) is 0 Å². The van der Waals surface area contributed by atoms with Gasteiger partial charge in [-0.15, -0.1) is 0 Å². The molecule has 0 spiro atoms. The van der Waals surface area contributed by atoms with Gasteiger partial charge in [-0.2, -0.15) is 4.31 Å². The number of ether oxygens (including phenoxy) is 1. The molecule has 128 valence electrons. The Morgan fingerprint density at radius 1 is 1.21 bits per heavy atom. The summed E-state index contributed by atoms with van der Waals surface area (Å²) in [6.07, 6.45) is 4.85. The van der Waals surface area contributed by atoms with E-state index in [1.807, 2.05) is 19.9 Å². The van der Waals surface area contributed by atoms with E-state index in [2.05, 4.69) is 9.97 Å². The van der Waals surface area contributed by atoms with E-state index in [1.165, 1.54) is 11.4 Å². The molecule has 1 aromatic carbocycles. The first-order chi connectivity index (χ1) is 11.3. The molecule has 6 nitrogen and oxygen atoms in total. The lowest BCUT2D eigenvalue weighted by molar-refractivity contribution is 0.0804. The maximum Gasteiger partial charge on any atom is 0.246 e. The van der Waals surface area contributed by atoms with E-state index >= 15 is 0 Å². The monoisotopic (exact) mass is 347 g/mol. The van der Waals surface area contributed by atoms with Crippen molar-refractivity contribution in [3.63, 3.8) is 0 Å². The molecule has 2 aromatic rings. The molecule has 1 aliphatic heterocycles. The maximum absolute atomic E-state index is 13.0. The quantitative estimate of drug-likeness (QED) is 0.849. The largest absolute Gasteiger partial charge is 0.486 e. The van der Waals surface area contributed by atoms with E-state index < -0.39 is 10.0 Å². The van der Waals surface area contributed by atoms with E-state index in [1.54, 1.807) is 30.6 Å². The summed E-state index contributed by atoms with van der Waals surface area (Å²) in [5, 5.41) is 0. The smallest absolute Gasteiger partial charge is 0.246 e. The zero-order valence-electron chi connectivity index (χ0n) is 14.1. The van der Waals surface area contributed by atoms with Gasteiger partial charge in [-0.1, -0.05) is 12.1 Å². The van der Waals surface area contributed by atoms with Gasteiger partial charge < -0.3 is 4.74 Å².